The van der Waals surface area contributed by atoms with Crippen LogP contribution in [0, 0.1) is 6.92 Å². The minimum atomic E-state index is -3.74. The van der Waals surface area contributed by atoms with Gasteiger partial charge < -0.3 is 9.30 Å². The van der Waals surface area contributed by atoms with E-state index in [2.05, 4.69) is 11.1 Å². The number of aromatic nitrogens is 1. The van der Waals surface area contributed by atoms with E-state index in [0.717, 1.165) is 39.9 Å². The molecule has 0 saturated carbocycles. The van der Waals surface area contributed by atoms with E-state index in [1.807, 2.05) is 54.8 Å². The number of hydrogen-bond acceptors (Lipinski definition) is 5. The summed E-state index contributed by atoms with van der Waals surface area (Å²) >= 11 is 1.46. The molecule has 7 nitrogen and oxygen atoms in total. The molecule has 1 amide bonds. The molecule has 5 rings (SSSR count). The van der Waals surface area contributed by atoms with Crippen LogP contribution in [0.4, 0.5) is 5.69 Å². The van der Waals surface area contributed by atoms with E-state index >= 15 is 0 Å². The lowest BCUT2D eigenvalue weighted by Crippen LogP contribution is -2.35. The third-order valence-corrected chi connectivity index (χ3v) is 9.32. The van der Waals surface area contributed by atoms with Crippen molar-refractivity contribution in [2.24, 2.45) is 4.99 Å². The first-order chi connectivity index (χ1) is 17.9. The molecule has 0 atom stereocenters. The molecular formula is C28H29N3O4S2. The molecule has 1 aliphatic rings. The number of benzene rings is 3. The molecule has 4 aromatic rings. The SMILES string of the molecule is CCOCCn1c(=NC(=O)c2ccc(S(=O)(=O)N3CCCc4ccccc43)cc2)sc2cc(C)ccc21. The van der Waals surface area contributed by atoms with Crippen LogP contribution >= 0.6 is 11.3 Å². The van der Waals surface area contributed by atoms with Gasteiger partial charge in [-0.25, -0.2) is 8.42 Å². The summed E-state index contributed by atoms with van der Waals surface area (Å²) in [5.74, 6) is -0.416. The summed E-state index contributed by atoms with van der Waals surface area (Å²) in [4.78, 5) is 18.3. The molecule has 1 aromatic heterocycles. The van der Waals surface area contributed by atoms with Crippen molar-refractivity contribution in [3.8, 4) is 0 Å². The number of carbonyl (C=O) groups is 1. The molecule has 1 aliphatic heterocycles. The topological polar surface area (TPSA) is 81.0 Å². The predicted octanol–water partition coefficient (Wildman–Crippen LogP) is 4.93. The Morgan fingerprint density at radius 1 is 1.08 bits per heavy atom. The van der Waals surface area contributed by atoms with Crippen LogP contribution in [-0.4, -0.2) is 38.7 Å². The van der Waals surface area contributed by atoms with Gasteiger partial charge in [0, 0.05) is 25.3 Å². The Morgan fingerprint density at radius 2 is 1.86 bits per heavy atom. The van der Waals surface area contributed by atoms with Crippen LogP contribution in [0.5, 0.6) is 0 Å². The zero-order valence-electron chi connectivity index (χ0n) is 20.9. The fourth-order valence-corrected chi connectivity index (χ4v) is 7.27. The van der Waals surface area contributed by atoms with Gasteiger partial charge in [0.05, 0.1) is 27.4 Å². The highest BCUT2D eigenvalue weighted by Gasteiger charge is 2.29. The summed E-state index contributed by atoms with van der Waals surface area (Å²) in [5, 5.41) is 0. The van der Waals surface area contributed by atoms with Crippen molar-refractivity contribution in [1.29, 1.82) is 0 Å². The number of para-hydroxylation sites is 1. The van der Waals surface area contributed by atoms with Crippen LogP contribution in [0.1, 0.15) is 34.8 Å². The largest absolute Gasteiger partial charge is 0.380 e. The van der Waals surface area contributed by atoms with Gasteiger partial charge in [-0.15, -0.1) is 0 Å². The zero-order chi connectivity index (χ0) is 26.0. The van der Waals surface area contributed by atoms with Crippen molar-refractivity contribution in [2.75, 3.05) is 24.1 Å². The van der Waals surface area contributed by atoms with E-state index < -0.39 is 15.9 Å². The lowest BCUT2D eigenvalue weighted by molar-refractivity contribution is 0.0996. The molecular weight excluding hydrogens is 506 g/mol. The molecule has 0 saturated heterocycles. The summed E-state index contributed by atoms with van der Waals surface area (Å²) in [7, 11) is -3.74. The summed E-state index contributed by atoms with van der Waals surface area (Å²) in [5.41, 5.74) is 4.23. The quantitative estimate of drug-likeness (QED) is 0.314. The number of carbonyl (C=O) groups excluding carboxylic acids is 1. The number of amides is 1. The summed E-state index contributed by atoms with van der Waals surface area (Å²) in [6.45, 7) is 6.13. The van der Waals surface area contributed by atoms with Crippen molar-refractivity contribution in [3.63, 3.8) is 0 Å². The van der Waals surface area contributed by atoms with E-state index in [9.17, 15) is 13.2 Å². The number of sulfonamides is 1. The minimum Gasteiger partial charge on any atom is -0.380 e. The number of anilines is 1. The molecule has 2 heterocycles. The van der Waals surface area contributed by atoms with Gasteiger partial charge in [-0.1, -0.05) is 35.6 Å². The Kier molecular flexibility index (Phi) is 7.28. The van der Waals surface area contributed by atoms with Crippen molar-refractivity contribution in [1.82, 2.24) is 4.57 Å². The van der Waals surface area contributed by atoms with Crippen LogP contribution < -0.4 is 9.11 Å². The Balaban J connectivity index is 1.45. The lowest BCUT2D eigenvalue weighted by atomic mass is 10.0. The Labute approximate surface area is 220 Å². The standard InChI is InChI=1S/C28H29N3O4S2/c1-3-35-18-17-30-25-15-10-20(2)19-26(25)36-28(30)29-27(32)22-11-13-23(14-12-22)37(33,34)31-16-6-8-21-7-4-5-9-24(21)31/h4-5,7,9-15,19H,3,6,8,16-18H2,1-2H3. The monoisotopic (exact) mass is 535 g/mol. The second-order valence-electron chi connectivity index (χ2n) is 8.96. The summed E-state index contributed by atoms with van der Waals surface area (Å²) < 4.78 is 36.9. The van der Waals surface area contributed by atoms with Crippen molar-refractivity contribution in [3.05, 3.63) is 88.2 Å². The Hall–Kier alpha value is -3.27. The normalized spacial score (nSPS) is 14.2. The number of hydrogen-bond donors (Lipinski definition) is 0. The number of rotatable bonds is 7. The maximum atomic E-state index is 13.4. The van der Waals surface area contributed by atoms with E-state index in [0.29, 0.717) is 36.7 Å². The molecule has 0 spiro atoms. The molecule has 37 heavy (non-hydrogen) atoms. The fraction of sp³-hybridized carbons (Fsp3) is 0.286. The number of aryl methyl sites for hydroxylation is 2. The first-order valence-electron chi connectivity index (χ1n) is 12.4. The third kappa shape index (κ3) is 5.12. The van der Waals surface area contributed by atoms with E-state index in [4.69, 9.17) is 4.74 Å². The first kappa shape index (κ1) is 25.4. The summed E-state index contributed by atoms with van der Waals surface area (Å²) in [6, 6.07) is 19.8. The second kappa shape index (κ2) is 10.6. The van der Waals surface area contributed by atoms with E-state index in [1.54, 1.807) is 0 Å². The van der Waals surface area contributed by atoms with E-state index in [1.165, 1.54) is 39.9 Å². The van der Waals surface area contributed by atoms with Crippen molar-refractivity contribution >= 4 is 43.2 Å². The molecule has 0 aliphatic carbocycles. The predicted molar refractivity (Wildman–Crippen MR) is 147 cm³/mol. The highest BCUT2D eigenvalue weighted by atomic mass is 32.2. The van der Waals surface area contributed by atoms with Gasteiger partial charge in [-0.2, -0.15) is 4.99 Å². The van der Waals surface area contributed by atoms with Crippen molar-refractivity contribution in [2.45, 2.75) is 38.1 Å². The molecule has 0 radical (unpaired) electrons. The first-order valence-corrected chi connectivity index (χ1v) is 14.6. The molecule has 0 N–H and O–H groups in total. The molecule has 3 aromatic carbocycles. The average molecular weight is 536 g/mol. The summed E-state index contributed by atoms with van der Waals surface area (Å²) in [6.07, 6.45) is 1.63. The van der Waals surface area contributed by atoms with Gasteiger partial charge in [0.25, 0.3) is 15.9 Å². The number of fused-ring (bicyclic) bond motifs is 2. The van der Waals surface area contributed by atoms with Crippen LogP contribution in [0.3, 0.4) is 0 Å². The maximum Gasteiger partial charge on any atom is 0.279 e. The fourth-order valence-electron chi connectivity index (χ4n) is 4.58. The highest BCUT2D eigenvalue weighted by Crippen LogP contribution is 2.31. The average Bonchev–Trinajstić information content (AvgIpc) is 3.24. The molecule has 0 bridgehead atoms. The van der Waals surface area contributed by atoms with Gasteiger partial charge in [-0.3, -0.25) is 9.10 Å². The Bertz CT molecular complexity index is 1620. The molecule has 192 valence electrons. The lowest BCUT2D eigenvalue weighted by Gasteiger charge is -2.30. The smallest absolute Gasteiger partial charge is 0.279 e. The van der Waals surface area contributed by atoms with Crippen molar-refractivity contribution < 1.29 is 17.9 Å². The number of thiazole rings is 1. The minimum absolute atomic E-state index is 0.157. The number of ether oxygens (including phenoxy) is 1. The van der Waals surface area contributed by atoms with E-state index in [-0.39, 0.29) is 4.90 Å². The highest BCUT2D eigenvalue weighted by molar-refractivity contribution is 7.92. The van der Waals surface area contributed by atoms with Gasteiger partial charge in [0.2, 0.25) is 0 Å². The van der Waals surface area contributed by atoms with Gasteiger partial charge >= 0.3 is 0 Å². The molecule has 9 heteroatoms. The molecule has 0 unspecified atom stereocenters. The molecule has 0 fully saturated rings. The van der Waals surface area contributed by atoms with Crippen LogP contribution in [-0.2, 0) is 27.7 Å². The van der Waals surface area contributed by atoms with Gasteiger partial charge in [0.15, 0.2) is 4.80 Å². The van der Waals surface area contributed by atoms with Crippen LogP contribution in [0.15, 0.2) is 76.6 Å². The van der Waals surface area contributed by atoms with Crippen LogP contribution in [0.2, 0.25) is 0 Å². The third-order valence-electron chi connectivity index (χ3n) is 6.46. The number of nitrogens with zero attached hydrogens (tertiary/aromatic N) is 3. The van der Waals surface area contributed by atoms with Crippen LogP contribution in [0.25, 0.3) is 10.2 Å². The zero-order valence-corrected chi connectivity index (χ0v) is 22.5. The Morgan fingerprint density at radius 3 is 2.65 bits per heavy atom. The van der Waals surface area contributed by atoms with Gasteiger partial charge in [-0.05, 0) is 80.3 Å². The maximum absolute atomic E-state index is 13.4. The van der Waals surface area contributed by atoms with Gasteiger partial charge in [0.1, 0.15) is 0 Å². The second-order valence-corrected chi connectivity index (χ2v) is 11.8.